The lowest BCUT2D eigenvalue weighted by Gasteiger charge is -2.02. The van der Waals surface area contributed by atoms with Crippen molar-refractivity contribution >= 4 is 12.4 Å². The molecule has 2 aromatic rings. The summed E-state index contributed by atoms with van der Waals surface area (Å²) >= 11 is 0. The molecule has 0 heterocycles. The fourth-order valence-electron chi connectivity index (χ4n) is 3.09. The molecular formula is C26H34N2. The Kier molecular flexibility index (Phi) is 10.6. The Hall–Kier alpha value is -2.48. The van der Waals surface area contributed by atoms with Crippen molar-refractivity contribution in [3.63, 3.8) is 0 Å². The fraction of sp³-hybridized carbons (Fsp3) is 0.385. The molecule has 0 bridgehead atoms. The summed E-state index contributed by atoms with van der Waals surface area (Å²) < 4.78 is 0. The van der Waals surface area contributed by atoms with Crippen molar-refractivity contribution in [3.8, 4) is 0 Å². The predicted molar refractivity (Wildman–Crippen MR) is 124 cm³/mol. The van der Waals surface area contributed by atoms with Crippen LogP contribution in [0, 0.1) is 0 Å². The van der Waals surface area contributed by atoms with Crippen LogP contribution in [0.15, 0.2) is 70.9 Å². The second kappa shape index (κ2) is 13.7. The number of hydrogen-bond donors (Lipinski definition) is 0. The molecule has 0 unspecified atom stereocenters. The molecule has 0 saturated carbocycles. The number of benzene rings is 2. The number of rotatable bonds is 12. The molecule has 0 aliphatic heterocycles. The van der Waals surface area contributed by atoms with Gasteiger partial charge in [0.15, 0.2) is 0 Å². The first kappa shape index (κ1) is 21.8. The summed E-state index contributed by atoms with van der Waals surface area (Å²) in [5, 5.41) is 8.36. The SMILES string of the molecule is CC=CCCc1ccc(C=NN=Cc2ccc(CCCCCCC)cc2)cc1. The number of allylic oxidation sites excluding steroid dienone is 2. The zero-order valence-electron chi connectivity index (χ0n) is 17.5. The molecule has 2 heteroatoms. The van der Waals surface area contributed by atoms with Crippen LogP contribution in [0.5, 0.6) is 0 Å². The molecule has 0 aliphatic carbocycles. The Bertz CT molecular complexity index is 737. The summed E-state index contributed by atoms with van der Waals surface area (Å²) in [4.78, 5) is 0. The van der Waals surface area contributed by atoms with Crippen molar-refractivity contribution < 1.29 is 0 Å². The summed E-state index contributed by atoms with van der Waals surface area (Å²) in [7, 11) is 0. The van der Waals surface area contributed by atoms with Crippen molar-refractivity contribution in [2.45, 2.75) is 65.2 Å². The van der Waals surface area contributed by atoms with Gasteiger partial charge in [0.25, 0.3) is 0 Å². The van der Waals surface area contributed by atoms with Crippen molar-refractivity contribution in [1.82, 2.24) is 0 Å². The third-order valence-corrected chi connectivity index (χ3v) is 4.84. The smallest absolute Gasteiger partial charge is 0.0568 e. The maximum Gasteiger partial charge on any atom is 0.0568 e. The van der Waals surface area contributed by atoms with E-state index in [1.807, 2.05) is 6.21 Å². The van der Waals surface area contributed by atoms with Crippen LogP contribution < -0.4 is 0 Å². The van der Waals surface area contributed by atoms with Crippen molar-refractivity contribution in [2.24, 2.45) is 10.2 Å². The average molecular weight is 375 g/mol. The van der Waals surface area contributed by atoms with Crippen LogP contribution in [0.4, 0.5) is 0 Å². The number of aryl methyl sites for hydroxylation is 2. The van der Waals surface area contributed by atoms with Crippen LogP contribution in [0.1, 0.15) is 74.6 Å². The van der Waals surface area contributed by atoms with Gasteiger partial charge in [-0.2, -0.15) is 10.2 Å². The van der Waals surface area contributed by atoms with Gasteiger partial charge in [0.1, 0.15) is 0 Å². The fourth-order valence-corrected chi connectivity index (χ4v) is 3.09. The van der Waals surface area contributed by atoms with Crippen LogP contribution >= 0.6 is 0 Å². The highest BCUT2D eigenvalue weighted by atomic mass is 15.2. The van der Waals surface area contributed by atoms with Gasteiger partial charge in [-0.3, -0.25) is 0 Å². The minimum absolute atomic E-state index is 1.07. The van der Waals surface area contributed by atoms with Crippen molar-refractivity contribution in [1.29, 1.82) is 0 Å². The molecule has 0 amide bonds. The van der Waals surface area contributed by atoms with E-state index in [-0.39, 0.29) is 0 Å². The summed E-state index contributed by atoms with van der Waals surface area (Å²) in [5.74, 6) is 0. The van der Waals surface area contributed by atoms with E-state index in [9.17, 15) is 0 Å². The summed E-state index contributed by atoms with van der Waals surface area (Å²) in [5.41, 5.74) is 4.92. The molecule has 0 saturated heterocycles. The van der Waals surface area contributed by atoms with Crippen LogP contribution in [0.2, 0.25) is 0 Å². The van der Waals surface area contributed by atoms with Crippen LogP contribution in [0.25, 0.3) is 0 Å². The zero-order valence-corrected chi connectivity index (χ0v) is 17.5. The molecule has 2 aromatic carbocycles. The van der Waals surface area contributed by atoms with Gasteiger partial charge < -0.3 is 0 Å². The number of hydrogen-bond acceptors (Lipinski definition) is 2. The molecule has 148 valence electrons. The highest BCUT2D eigenvalue weighted by Crippen LogP contribution is 2.10. The van der Waals surface area contributed by atoms with Gasteiger partial charge in [-0.1, -0.05) is 93.3 Å². The van der Waals surface area contributed by atoms with E-state index in [0.717, 1.165) is 24.0 Å². The molecule has 0 spiro atoms. The minimum Gasteiger partial charge on any atom is -0.159 e. The molecule has 0 aromatic heterocycles. The van der Waals surface area contributed by atoms with E-state index >= 15 is 0 Å². The van der Waals surface area contributed by atoms with E-state index < -0.39 is 0 Å². The largest absolute Gasteiger partial charge is 0.159 e. The molecule has 0 radical (unpaired) electrons. The monoisotopic (exact) mass is 374 g/mol. The second-order valence-electron chi connectivity index (χ2n) is 7.24. The average Bonchev–Trinajstić information content (AvgIpc) is 2.73. The summed E-state index contributed by atoms with van der Waals surface area (Å²) in [6, 6.07) is 17.2. The Morgan fingerprint density at radius 2 is 1.21 bits per heavy atom. The van der Waals surface area contributed by atoms with Gasteiger partial charge in [-0.25, -0.2) is 0 Å². The zero-order chi connectivity index (χ0) is 19.9. The third kappa shape index (κ3) is 8.94. The molecule has 2 nitrogen and oxygen atoms in total. The second-order valence-corrected chi connectivity index (χ2v) is 7.24. The van der Waals surface area contributed by atoms with Gasteiger partial charge >= 0.3 is 0 Å². The third-order valence-electron chi connectivity index (χ3n) is 4.84. The number of nitrogens with zero attached hydrogens (tertiary/aromatic N) is 2. The molecule has 0 fully saturated rings. The van der Waals surface area contributed by atoms with E-state index in [0.29, 0.717) is 0 Å². The van der Waals surface area contributed by atoms with E-state index in [4.69, 9.17) is 0 Å². The lowest BCUT2D eigenvalue weighted by atomic mass is 10.0. The molecule has 0 aliphatic rings. The Balaban J connectivity index is 1.75. The molecule has 28 heavy (non-hydrogen) atoms. The van der Waals surface area contributed by atoms with Gasteiger partial charge in [-0.05, 0) is 54.9 Å². The van der Waals surface area contributed by atoms with Crippen LogP contribution in [-0.2, 0) is 12.8 Å². The van der Waals surface area contributed by atoms with Gasteiger partial charge in [-0.15, -0.1) is 0 Å². The Morgan fingerprint density at radius 3 is 1.75 bits per heavy atom. The minimum atomic E-state index is 1.07. The van der Waals surface area contributed by atoms with Crippen molar-refractivity contribution in [2.75, 3.05) is 0 Å². The molecule has 0 atom stereocenters. The molecule has 0 N–H and O–H groups in total. The maximum atomic E-state index is 4.18. The summed E-state index contributed by atoms with van der Waals surface area (Å²) in [6.07, 6.45) is 17.9. The first-order chi connectivity index (χ1) is 13.8. The van der Waals surface area contributed by atoms with Crippen LogP contribution in [0.3, 0.4) is 0 Å². The van der Waals surface area contributed by atoms with Gasteiger partial charge in [0.05, 0.1) is 12.4 Å². The number of unbranched alkanes of at least 4 members (excludes halogenated alkanes) is 4. The first-order valence-corrected chi connectivity index (χ1v) is 10.7. The van der Waals surface area contributed by atoms with Crippen molar-refractivity contribution in [3.05, 3.63) is 82.9 Å². The lowest BCUT2D eigenvalue weighted by Crippen LogP contribution is -1.88. The van der Waals surface area contributed by atoms with E-state index in [2.05, 4.69) is 84.7 Å². The van der Waals surface area contributed by atoms with Gasteiger partial charge in [0.2, 0.25) is 0 Å². The molecular weight excluding hydrogens is 340 g/mol. The predicted octanol–water partition coefficient (Wildman–Crippen LogP) is 7.16. The maximum absolute atomic E-state index is 4.18. The highest BCUT2D eigenvalue weighted by Gasteiger charge is 1.95. The van der Waals surface area contributed by atoms with E-state index in [1.54, 1.807) is 6.21 Å². The van der Waals surface area contributed by atoms with Crippen LogP contribution in [-0.4, -0.2) is 12.4 Å². The first-order valence-electron chi connectivity index (χ1n) is 10.7. The van der Waals surface area contributed by atoms with E-state index in [1.165, 1.54) is 49.7 Å². The Morgan fingerprint density at radius 1 is 0.679 bits per heavy atom. The standard InChI is InChI=1S/C26H34N2/c1-3-5-7-8-10-12-24-15-19-26(20-16-24)22-28-27-21-25-17-13-23(14-18-25)11-9-6-4-2/h4,6,13-22H,3,5,7-12H2,1-2H3. The summed E-state index contributed by atoms with van der Waals surface area (Å²) in [6.45, 7) is 4.32. The van der Waals surface area contributed by atoms with Gasteiger partial charge in [0, 0.05) is 0 Å². The Labute approximate surface area is 171 Å². The quantitative estimate of drug-likeness (QED) is 0.163. The highest BCUT2D eigenvalue weighted by molar-refractivity contribution is 5.82. The lowest BCUT2D eigenvalue weighted by molar-refractivity contribution is 0.632. The topological polar surface area (TPSA) is 24.7 Å². The normalized spacial score (nSPS) is 11.9. The molecule has 2 rings (SSSR count).